The van der Waals surface area contributed by atoms with Crippen LogP contribution in [0.5, 0.6) is 0 Å². The summed E-state index contributed by atoms with van der Waals surface area (Å²) >= 11 is 0. The Kier molecular flexibility index (Phi) is 6.14. The number of hydrogen-bond donors (Lipinski definition) is 0. The lowest BCUT2D eigenvalue weighted by molar-refractivity contribution is -0.141. The average Bonchev–Trinajstić information content (AvgIpc) is 3.06. The summed E-state index contributed by atoms with van der Waals surface area (Å²) in [7, 11) is 0. The number of fused-ring (bicyclic) bond motifs is 1. The van der Waals surface area contributed by atoms with Gasteiger partial charge in [-0.2, -0.15) is 0 Å². The number of benzene rings is 3. The highest BCUT2D eigenvalue weighted by atomic mass is 16.2. The summed E-state index contributed by atoms with van der Waals surface area (Å²) in [6, 6.07) is 25.1. The molecule has 1 aliphatic rings. The normalized spacial score (nSPS) is 14.2. The molecule has 5 heteroatoms. The number of nitrogens with zero attached hydrogens (tertiary/aromatic N) is 2. The van der Waals surface area contributed by atoms with Crippen LogP contribution in [0.1, 0.15) is 52.6 Å². The van der Waals surface area contributed by atoms with Gasteiger partial charge in [-0.1, -0.05) is 72.8 Å². The van der Waals surface area contributed by atoms with E-state index < -0.39 is 23.4 Å². The minimum Gasteiger partial charge on any atom is -0.332 e. The minimum absolute atomic E-state index is 0.246. The smallest absolute Gasteiger partial charge is 0.262 e. The standard InChI is InChI=1S/C28H28N2O3/c1-28(2,3)29(19-21-14-8-5-9-15-21)27(33)24(18-20-12-6-4-7-13-20)30-25(31)22-16-10-11-17-23(22)26(30)32/h4-17,24H,18-19H2,1-3H3. The zero-order valence-electron chi connectivity index (χ0n) is 19.2. The fraction of sp³-hybridized carbons (Fsp3) is 0.250. The Labute approximate surface area is 194 Å². The first kappa shape index (κ1) is 22.5. The van der Waals surface area contributed by atoms with Crippen molar-refractivity contribution < 1.29 is 14.4 Å². The van der Waals surface area contributed by atoms with Crippen molar-refractivity contribution in [3.63, 3.8) is 0 Å². The van der Waals surface area contributed by atoms with Gasteiger partial charge in [-0.15, -0.1) is 0 Å². The van der Waals surface area contributed by atoms with Crippen molar-refractivity contribution in [2.45, 2.75) is 45.3 Å². The van der Waals surface area contributed by atoms with Crippen molar-refractivity contribution in [1.82, 2.24) is 9.80 Å². The molecule has 4 rings (SSSR count). The first-order valence-corrected chi connectivity index (χ1v) is 11.1. The molecular formula is C28H28N2O3. The van der Waals surface area contributed by atoms with Crippen LogP contribution in [0, 0.1) is 0 Å². The third kappa shape index (κ3) is 4.58. The van der Waals surface area contributed by atoms with Crippen LogP contribution in [0.2, 0.25) is 0 Å². The number of carbonyl (C=O) groups is 3. The molecule has 0 radical (unpaired) electrons. The van der Waals surface area contributed by atoms with E-state index in [1.807, 2.05) is 81.4 Å². The molecule has 5 nitrogen and oxygen atoms in total. The molecule has 0 saturated carbocycles. The molecule has 0 bridgehead atoms. The lowest BCUT2D eigenvalue weighted by Crippen LogP contribution is -2.56. The van der Waals surface area contributed by atoms with E-state index in [4.69, 9.17) is 0 Å². The van der Waals surface area contributed by atoms with Crippen molar-refractivity contribution in [3.05, 3.63) is 107 Å². The SMILES string of the molecule is CC(C)(C)N(Cc1ccccc1)C(=O)C(Cc1ccccc1)N1C(=O)c2ccccc2C1=O. The summed E-state index contributed by atoms with van der Waals surface area (Å²) in [4.78, 5) is 43.6. The summed E-state index contributed by atoms with van der Waals surface area (Å²) in [5.74, 6) is -1.08. The molecule has 0 aromatic heterocycles. The van der Waals surface area contributed by atoms with Gasteiger partial charge < -0.3 is 4.90 Å². The molecule has 0 saturated heterocycles. The Morgan fingerprint density at radius 3 is 1.70 bits per heavy atom. The molecule has 168 valence electrons. The van der Waals surface area contributed by atoms with Crippen LogP contribution in [-0.4, -0.2) is 39.1 Å². The van der Waals surface area contributed by atoms with Gasteiger partial charge in [0.05, 0.1) is 11.1 Å². The van der Waals surface area contributed by atoms with Gasteiger partial charge >= 0.3 is 0 Å². The minimum atomic E-state index is -0.942. The monoisotopic (exact) mass is 440 g/mol. The number of imide groups is 1. The van der Waals surface area contributed by atoms with Crippen LogP contribution >= 0.6 is 0 Å². The number of hydrogen-bond acceptors (Lipinski definition) is 3. The van der Waals surface area contributed by atoms with Gasteiger partial charge in [-0.25, -0.2) is 0 Å². The van der Waals surface area contributed by atoms with Crippen molar-refractivity contribution in [3.8, 4) is 0 Å². The number of carbonyl (C=O) groups excluding carboxylic acids is 3. The van der Waals surface area contributed by atoms with E-state index in [1.54, 1.807) is 29.2 Å². The quantitative estimate of drug-likeness (QED) is 0.521. The van der Waals surface area contributed by atoms with Gasteiger partial charge in [0, 0.05) is 18.5 Å². The van der Waals surface area contributed by atoms with Crippen LogP contribution in [0.25, 0.3) is 0 Å². The largest absolute Gasteiger partial charge is 0.332 e. The van der Waals surface area contributed by atoms with E-state index in [0.29, 0.717) is 17.7 Å². The van der Waals surface area contributed by atoms with E-state index in [1.165, 1.54) is 0 Å². The summed E-state index contributed by atoms with van der Waals surface area (Å²) in [6.45, 7) is 6.29. The maximum Gasteiger partial charge on any atom is 0.262 e. The van der Waals surface area contributed by atoms with E-state index in [2.05, 4.69) is 0 Å². The third-order valence-corrected chi connectivity index (χ3v) is 5.95. The average molecular weight is 441 g/mol. The topological polar surface area (TPSA) is 57.7 Å². The fourth-order valence-corrected chi connectivity index (χ4v) is 4.21. The molecule has 1 aliphatic heterocycles. The van der Waals surface area contributed by atoms with Crippen LogP contribution < -0.4 is 0 Å². The summed E-state index contributed by atoms with van der Waals surface area (Å²) < 4.78 is 0. The fourth-order valence-electron chi connectivity index (χ4n) is 4.21. The van der Waals surface area contributed by atoms with E-state index in [0.717, 1.165) is 16.0 Å². The van der Waals surface area contributed by atoms with Crippen molar-refractivity contribution in [1.29, 1.82) is 0 Å². The van der Waals surface area contributed by atoms with Gasteiger partial charge in [0.15, 0.2) is 0 Å². The highest BCUT2D eigenvalue weighted by Gasteiger charge is 2.45. The van der Waals surface area contributed by atoms with Gasteiger partial charge in [-0.05, 0) is 44.0 Å². The van der Waals surface area contributed by atoms with Crippen LogP contribution in [0.4, 0.5) is 0 Å². The van der Waals surface area contributed by atoms with Gasteiger partial charge in [0.25, 0.3) is 11.8 Å². The van der Waals surface area contributed by atoms with Crippen molar-refractivity contribution >= 4 is 17.7 Å². The summed E-state index contributed by atoms with van der Waals surface area (Å²) in [5, 5.41) is 0. The molecule has 0 fully saturated rings. The molecule has 1 unspecified atom stereocenters. The number of amides is 3. The molecule has 3 aromatic rings. The highest BCUT2D eigenvalue weighted by molar-refractivity contribution is 6.22. The van der Waals surface area contributed by atoms with Crippen LogP contribution in [0.3, 0.4) is 0 Å². The van der Waals surface area contributed by atoms with Gasteiger partial charge in [-0.3, -0.25) is 19.3 Å². The Morgan fingerprint density at radius 1 is 0.758 bits per heavy atom. The summed E-state index contributed by atoms with van der Waals surface area (Å²) in [6.07, 6.45) is 0.256. The molecule has 0 N–H and O–H groups in total. The molecule has 33 heavy (non-hydrogen) atoms. The van der Waals surface area contributed by atoms with E-state index in [-0.39, 0.29) is 12.3 Å². The molecule has 1 heterocycles. The zero-order valence-corrected chi connectivity index (χ0v) is 19.2. The van der Waals surface area contributed by atoms with Crippen LogP contribution in [-0.2, 0) is 17.8 Å². The first-order chi connectivity index (χ1) is 15.8. The Morgan fingerprint density at radius 2 is 1.21 bits per heavy atom. The maximum absolute atomic E-state index is 14.1. The van der Waals surface area contributed by atoms with Crippen LogP contribution in [0.15, 0.2) is 84.9 Å². The molecule has 3 amide bonds. The van der Waals surface area contributed by atoms with E-state index >= 15 is 0 Å². The van der Waals surface area contributed by atoms with Crippen molar-refractivity contribution in [2.75, 3.05) is 0 Å². The Bertz CT molecular complexity index is 1130. The van der Waals surface area contributed by atoms with Crippen molar-refractivity contribution in [2.24, 2.45) is 0 Å². The molecular weight excluding hydrogens is 412 g/mol. The Balaban J connectivity index is 1.74. The molecule has 3 aromatic carbocycles. The molecule has 0 aliphatic carbocycles. The predicted molar refractivity (Wildman–Crippen MR) is 128 cm³/mol. The van der Waals surface area contributed by atoms with Gasteiger partial charge in [0.2, 0.25) is 5.91 Å². The third-order valence-electron chi connectivity index (χ3n) is 5.95. The first-order valence-electron chi connectivity index (χ1n) is 11.1. The molecule has 1 atom stereocenters. The lowest BCUT2D eigenvalue weighted by atomic mass is 9.98. The summed E-state index contributed by atoms with van der Waals surface area (Å²) in [5.41, 5.74) is 2.06. The second-order valence-corrected chi connectivity index (χ2v) is 9.31. The molecule has 0 spiro atoms. The maximum atomic E-state index is 14.1. The lowest BCUT2D eigenvalue weighted by Gasteiger charge is -2.40. The van der Waals surface area contributed by atoms with Gasteiger partial charge in [0.1, 0.15) is 6.04 Å². The highest BCUT2D eigenvalue weighted by Crippen LogP contribution is 2.29. The number of rotatable bonds is 6. The second kappa shape index (κ2) is 9.02. The zero-order chi connectivity index (χ0) is 23.6. The predicted octanol–water partition coefficient (Wildman–Crippen LogP) is 4.72. The van der Waals surface area contributed by atoms with E-state index in [9.17, 15) is 14.4 Å². The Hall–Kier alpha value is -3.73. The second-order valence-electron chi connectivity index (χ2n) is 9.31.